The van der Waals surface area contributed by atoms with Crippen LogP contribution < -0.4 is 10.6 Å². The first-order chi connectivity index (χ1) is 10.2. The van der Waals surface area contributed by atoms with Crippen molar-refractivity contribution in [1.29, 1.82) is 0 Å². The van der Waals surface area contributed by atoms with E-state index < -0.39 is 0 Å². The summed E-state index contributed by atoms with van der Waals surface area (Å²) in [5, 5.41) is 7.98. The van der Waals surface area contributed by atoms with Gasteiger partial charge in [0.05, 0.1) is 35.5 Å². The molecule has 0 aromatic carbocycles. The molecule has 2 fully saturated rings. The van der Waals surface area contributed by atoms with Crippen LogP contribution in [0.1, 0.15) is 41.8 Å². The molecule has 2 aliphatic rings. The molecule has 0 amide bonds. The number of guanidine groups is 1. The van der Waals surface area contributed by atoms with Crippen molar-refractivity contribution < 1.29 is 4.74 Å². The number of halogens is 1. The van der Waals surface area contributed by atoms with Gasteiger partial charge < -0.3 is 15.4 Å². The number of hydrogen-bond donors (Lipinski definition) is 2. The Kier molecular flexibility index (Phi) is 6.46. The Morgan fingerprint density at radius 2 is 2.23 bits per heavy atom. The monoisotopic (exact) mass is 436 g/mol. The summed E-state index contributed by atoms with van der Waals surface area (Å²) >= 11 is 1.73. The summed E-state index contributed by atoms with van der Waals surface area (Å²) in [6.07, 6.45) is 4.33. The maximum atomic E-state index is 5.90. The van der Waals surface area contributed by atoms with E-state index in [0.29, 0.717) is 24.8 Å². The van der Waals surface area contributed by atoms with Crippen molar-refractivity contribution in [3.63, 3.8) is 0 Å². The molecule has 0 spiro atoms. The lowest BCUT2D eigenvalue weighted by molar-refractivity contribution is 0.0992. The lowest BCUT2D eigenvalue weighted by atomic mass is 9.96. The van der Waals surface area contributed by atoms with Crippen molar-refractivity contribution in [2.75, 3.05) is 6.54 Å². The van der Waals surface area contributed by atoms with Gasteiger partial charge >= 0.3 is 0 Å². The first-order valence-corrected chi connectivity index (χ1v) is 8.60. The van der Waals surface area contributed by atoms with E-state index in [1.54, 1.807) is 11.3 Å². The average molecular weight is 436 g/mol. The summed E-state index contributed by atoms with van der Waals surface area (Å²) in [7, 11) is 0. The molecule has 0 radical (unpaired) electrons. The van der Waals surface area contributed by atoms with E-state index in [1.165, 1.54) is 17.7 Å². The van der Waals surface area contributed by atoms with Crippen molar-refractivity contribution in [3.8, 4) is 0 Å². The molecule has 2 N–H and O–H groups in total. The van der Waals surface area contributed by atoms with Gasteiger partial charge in [-0.3, -0.25) is 0 Å². The van der Waals surface area contributed by atoms with Crippen LogP contribution in [-0.2, 0) is 11.3 Å². The highest BCUT2D eigenvalue weighted by Gasteiger charge is 2.41. The van der Waals surface area contributed by atoms with E-state index in [0.717, 1.165) is 29.6 Å². The number of fused-ring (bicyclic) bond motifs is 2. The van der Waals surface area contributed by atoms with Gasteiger partial charge in [0, 0.05) is 11.4 Å². The Balaban J connectivity index is 0.00000176. The number of aliphatic imine (C=N–C) groups is 1. The van der Waals surface area contributed by atoms with Gasteiger partial charge in [-0.25, -0.2) is 9.98 Å². The van der Waals surface area contributed by atoms with Gasteiger partial charge in [0.1, 0.15) is 0 Å². The second-order valence-corrected chi connectivity index (χ2v) is 7.08. The predicted molar refractivity (Wildman–Crippen MR) is 101 cm³/mol. The molecule has 7 heteroatoms. The van der Waals surface area contributed by atoms with Crippen LogP contribution in [0.25, 0.3) is 0 Å². The van der Waals surface area contributed by atoms with Crippen molar-refractivity contribution in [3.05, 3.63) is 15.6 Å². The smallest absolute Gasteiger partial charge is 0.191 e. The van der Waals surface area contributed by atoms with Crippen LogP contribution in [0.3, 0.4) is 0 Å². The second-order valence-electron chi connectivity index (χ2n) is 5.80. The first-order valence-electron chi connectivity index (χ1n) is 7.79. The van der Waals surface area contributed by atoms with Crippen LogP contribution >= 0.6 is 35.3 Å². The standard InChI is InChI=1S/C15H24N4OS.HI/c1-4-16-15(17-8-14-9(2)18-10(3)21-14)19-12-7-11-5-6-13(12)20-11;/h11-13H,4-8H2,1-3H3,(H2,16,17,19);1H. The van der Waals surface area contributed by atoms with Crippen molar-refractivity contribution >= 4 is 41.3 Å². The number of nitrogens with zero attached hydrogens (tertiary/aromatic N) is 2. The van der Waals surface area contributed by atoms with Crippen LogP contribution in [0, 0.1) is 13.8 Å². The average Bonchev–Trinajstić information content (AvgIpc) is 3.12. The molecular formula is C15H25IN4OS. The Hall–Kier alpha value is -0.410. The quantitative estimate of drug-likeness (QED) is 0.433. The second kappa shape index (κ2) is 7.92. The number of ether oxygens (including phenoxy) is 1. The van der Waals surface area contributed by atoms with Crippen molar-refractivity contribution in [1.82, 2.24) is 15.6 Å². The Morgan fingerprint density at radius 1 is 1.41 bits per heavy atom. The number of thiazole rings is 1. The third kappa shape index (κ3) is 4.11. The summed E-state index contributed by atoms with van der Waals surface area (Å²) in [5.41, 5.74) is 1.10. The summed E-state index contributed by atoms with van der Waals surface area (Å²) in [6.45, 7) is 7.75. The van der Waals surface area contributed by atoms with Crippen molar-refractivity contribution in [2.45, 2.75) is 64.8 Å². The molecule has 3 heterocycles. The molecule has 2 saturated heterocycles. The number of nitrogens with one attached hydrogen (secondary N) is 2. The highest BCUT2D eigenvalue weighted by atomic mass is 127. The van der Waals surface area contributed by atoms with Gasteiger partial charge in [0.25, 0.3) is 0 Å². The molecule has 1 aromatic rings. The predicted octanol–water partition coefficient (Wildman–Crippen LogP) is 2.75. The third-order valence-electron chi connectivity index (χ3n) is 4.15. The minimum Gasteiger partial charge on any atom is -0.373 e. The topological polar surface area (TPSA) is 58.5 Å². The maximum absolute atomic E-state index is 5.90. The molecule has 5 nitrogen and oxygen atoms in total. The molecule has 2 aliphatic heterocycles. The molecule has 124 valence electrons. The van der Waals surface area contributed by atoms with Gasteiger partial charge in [-0.15, -0.1) is 35.3 Å². The Bertz CT molecular complexity index is 534. The summed E-state index contributed by atoms with van der Waals surface area (Å²) < 4.78 is 5.90. The molecule has 0 saturated carbocycles. The van der Waals surface area contributed by atoms with Crippen LogP contribution in [0.4, 0.5) is 0 Å². The van der Waals surface area contributed by atoms with Crippen LogP contribution in [0.15, 0.2) is 4.99 Å². The molecule has 3 atom stereocenters. The minimum absolute atomic E-state index is 0. The largest absolute Gasteiger partial charge is 0.373 e. The van der Waals surface area contributed by atoms with Gasteiger partial charge in [-0.05, 0) is 40.0 Å². The van der Waals surface area contributed by atoms with Gasteiger partial charge in [0.2, 0.25) is 0 Å². The highest BCUT2D eigenvalue weighted by molar-refractivity contribution is 14.0. The molecule has 0 aliphatic carbocycles. The van der Waals surface area contributed by atoms with Crippen LogP contribution in [-0.4, -0.2) is 35.7 Å². The van der Waals surface area contributed by atoms with E-state index in [2.05, 4.69) is 29.5 Å². The zero-order chi connectivity index (χ0) is 14.8. The Morgan fingerprint density at radius 3 is 2.77 bits per heavy atom. The molecule has 1 aromatic heterocycles. The lowest BCUT2D eigenvalue weighted by Gasteiger charge is -2.22. The fraction of sp³-hybridized carbons (Fsp3) is 0.733. The van der Waals surface area contributed by atoms with Gasteiger partial charge in [-0.1, -0.05) is 0 Å². The normalized spacial score (nSPS) is 26.9. The summed E-state index contributed by atoms with van der Waals surface area (Å²) in [6, 6.07) is 0.408. The SMILES string of the molecule is CCNC(=NCc1sc(C)nc1C)NC1CC2CCC1O2.I. The van der Waals surface area contributed by atoms with E-state index in [4.69, 9.17) is 9.73 Å². The molecule has 3 unspecified atom stereocenters. The Labute approximate surface area is 153 Å². The highest BCUT2D eigenvalue weighted by Crippen LogP contribution is 2.34. The fourth-order valence-corrected chi connectivity index (χ4v) is 4.02. The molecule has 22 heavy (non-hydrogen) atoms. The van der Waals surface area contributed by atoms with Gasteiger partial charge in [-0.2, -0.15) is 0 Å². The van der Waals surface area contributed by atoms with E-state index >= 15 is 0 Å². The van der Waals surface area contributed by atoms with Crippen molar-refractivity contribution in [2.24, 2.45) is 4.99 Å². The van der Waals surface area contributed by atoms with E-state index in [-0.39, 0.29) is 24.0 Å². The molecular weight excluding hydrogens is 411 g/mol. The zero-order valence-corrected chi connectivity index (χ0v) is 16.5. The number of aryl methyl sites for hydroxylation is 2. The summed E-state index contributed by atoms with van der Waals surface area (Å²) in [4.78, 5) is 10.4. The number of rotatable bonds is 4. The lowest BCUT2D eigenvalue weighted by Crippen LogP contribution is -2.47. The third-order valence-corrected chi connectivity index (χ3v) is 5.21. The number of aromatic nitrogens is 1. The fourth-order valence-electron chi connectivity index (χ4n) is 3.16. The van der Waals surface area contributed by atoms with Crippen LogP contribution in [0.5, 0.6) is 0 Å². The summed E-state index contributed by atoms with van der Waals surface area (Å²) in [5.74, 6) is 0.893. The first kappa shape index (κ1) is 17.9. The molecule has 3 rings (SSSR count). The molecule has 2 bridgehead atoms. The maximum Gasteiger partial charge on any atom is 0.191 e. The van der Waals surface area contributed by atoms with E-state index in [1.807, 2.05) is 6.92 Å². The van der Waals surface area contributed by atoms with E-state index in [9.17, 15) is 0 Å². The van der Waals surface area contributed by atoms with Gasteiger partial charge in [0.15, 0.2) is 5.96 Å². The minimum atomic E-state index is 0. The zero-order valence-electron chi connectivity index (χ0n) is 13.4. The number of hydrogen-bond acceptors (Lipinski definition) is 4. The van der Waals surface area contributed by atoms with Crippen LogP contribution in [0.2, 0.25) is 0 Å².